The van der Waals surface area contributed by atoms with Gasteiger partial charge in [-0.05, 0) is 42.2 Å². The first-order chi connectivity index (χ1) is 14.0. The molecule has 3 nitrogen and oxygen atoms in total. The Kier molecular flexibility index (Phi) is 7.31. The number of amides is 1. The van der Waals surface area contributed by atoms with E-state index in [1.54, 1.807) is 12.1 Å². The number of rotatable bonds is 8. The molecule has 3 rings (SSSR count). The minimum Gasteiger partial charge on any atom is -0.489 e. The number of carbonyl (C=O) groups excluding carboxylic acids is 1. The molecule has 0 aliphatic heterocycles. The van der Waals surface area contributed by atoms with Crippen molar-refractivity contribution in [2.45, 2.75) is 32.9 Å². The largest absolute Gasteiger partial charge is 0.489 e. The number of carbonyl (C=O) groups is 1. The van der Waals surface area contributed by atoms with Crippen molar-refractivity contribution < 1.29 is 9.53 Å². The van der Waals surface area contributed by atoms with E-state index in [1.165, 1.54) is 0 Å². The molecule has 0 unspecified atom stereocenters. The van der Waals surface area contributed by atoms with Crippen molar-refractivity contribution in [1.82, 2.24) is 5.32 Å². The molecular formula is C25H26ClNO2. The molecule has 150 valence electrons. The van der Waals surface area contributed by atoms with Crippen LogP contribution in [0.3, 0.4) is 0 Å². The monoisotopic (exact) mass is 407 g/mol. The number of benzene rings is 3. The Morgan fingerprint density at radius 3 is 2.41 bits per heavy atom. The fourth-order valence-corrected chi connectivity index (χ4v) is 3.37. The summed E-state index contributed by atoms with van der Waals surface area (Å²) in [5.74, 6) is 0.992. The van der Waals surface area contributed by atoms with E-state index < -0.39 is 0 Å². The third kappa shape index (κ3) is 6.10. The summed E-state index contributed by atoms with van der Waals surface area (Å²) in [6.07, 6.45) is 0.873. The Hall–Kier alpha value is -2.78. The Balaban J connectivity index is 1.70. The van der Waals surface area contributed by atoms with E-state index in [9.17, 15) is 4.79 Å². The summed E-state index contributed by atoms with van der Waals surface area (Å²) in [5, 5.41) is 3.84. The summed E-state index contributed by atoms with van der Waals surface area (Å²) < 4.78 is 5.85. The van der Waals surface area contributed by atoms with Crippen molar-refractivity contribution in [3.05, 3.63) is 101 Å². The highest BCUT2D eigenvalue weighted by Gasteiger charge is 2.17. The lowest BCUT2D eigenvalue weighted by Crippen LogP contribution is -2.29. The first-order valence-electron chi connectivity index (χ1n) is 9.85. The Labute approximate surface area is 177 Å². The van der Waals surface area contributed by atoms with Crippen LogP contribution >= 0.6 is 11.6 Å². The van der Waals surface area contributed by atoms with Gasteiger partial charge in [-0.2, -0.15) is 0 Å². The van der Waals surface area contributed by atoms with E-state index in [0.717, 1.165) is 17.5 Å². The highest BCUT2D eigenvalue weighted by molar-refractivity contribution is 6.31. The molecule has 0 bridgehead atoms. The molecule has 29 heavy (non-hydrogen) atoms. The second-order valence-corrected chi connectivity index (χ2v) is 7.88. The summed E-state index contributed by atoms with van der Waals surface area (Å²) in [7, 11) is 0. The van der Waals surface area contributed by atoms with E-state index in [0.29, 0.717) is 28.9 Å². The molecule has 0 radical (unpaired) electrons. The standard InChI is InChI=1S/C25H26ClNO2/c1-18(2)15-24(19-9-4-3-5-10-19)27-25(28)20-12-8-13-22(16-20)29-17-21-11-6-7-14-23(21)26/h3-14,16,18,24H,15,17H2,1-2H3,(H,27,28)/t24-/m0/s1. The lowest BCUT2D eigenvalue weighted by molar-refractivity contribution is 0.0931. The maximum Gasteiger partial charge on any atom is 0.251 e. The van der Waals surface area contributed by atoms with E-state index in [-0.39, 0.29) is 11.9 Å². The van der Waals surface area contributed by atoms with Crippen LogP contribution in [0.1, 0.15) is 47.8 Å². The fraction of sp³-hybridized carbons (Fsp3) is 0.240. The van der Waals surface area contributed by atoms with Crippen molar-refractivity contribution in [2.75, 3.05) is 0 Å². The number of hydrogen-bond donors (Lipinski definition) is 1. The van der Waals surface area contributed by atoms with Crippen LogP contribution in [0.2, 0.25) is 5.02 Å². The van der Waals surface area contributed by atoms with Crippen molar-refractivity contribution >= 4 is 17.5 Å². The van der Waals surface area contributed by atoms with Crippen molar-refractivity contribution in [2.24, 2.45) is 5.92 Å². The minimum atomic E-state index is -0.109. The lowest BCUT2D eigenvalue weighted by Gasteiger charge is -2.21. The van der Waals surface area contributed by atoms with E-state index >= 15 is 0 Å². The molecule has 1 atom stereocenters. The smallest absolute Gasteiger partial charge is 0.251 e. The molecule has 0 saturated carbocycles. The molecule has 0 heterocycles. The van der Waals surface area contributed by atoms with Gasteiger partial charge < -0.3 is 10.1 Å². The van der Waals surface area contributed by atoms with Crippen LogP contribution in [-0.4, -0.2) is 5.91 Å². The molecule has 3 aromatic carbocycles. The van der Waals surface area contributed by atoms with Gasteiger partial charge in [-0.3, -0.25) is 4.79 Å². The lowest BCUT2D eigenvalue weighted by atomic mass is 9.96. The zero-order chi connectivity index (χ0) is 20.6. The topological polar surface area (TPSA) is 38.3 Å². The predicted octanol–water partition coefficient (Wildman–Crippen LogP) is 6.44. The second-order valence-electron chi connectivity index (χ2n) is 7.47. The highest BCUT2D eigenvalue weighted by atomic mass is 35.5. The van der Waals surface area contributed by atoms with Crippen LogP contribution in [0.5, 0.6) is 5.75 Å². The molecule has 0 fully saturated rings. The van der Waals surface area contributed by atoms with Crippen LogP contribution in [0, 0.1) is 5.92 Å². The van der Waals surface area contributed by atoms with Gasteiger partial charge in [0.15, 0.2) is 0 Å². The normalized spacial score (nSPS) is 11.9. The van der Waals surface area contributed by atoms with E-state index in [4.69, 9.17) is 16.3 Å². The van der Waals surface area contributed by atoms with Gasteiger partial charge in [0.1, 0.15) is 12.4 Å². The Morgan fingerprint density at radius 1 is 0.966 bits per heavy atom. The zero-order valence-corrected chi connectivity index (χ0v) is 17.5. The maximum absolute atomic E-state index is 12.9. The summed E-state index contributed by atoms with van der Waals surface area (Å²) in [4.78, 5) is 12.9. The molecule has 0 saturated heterocycles. The number of hydrogen-bond acceptors (Lipinski definition) is 2. The zero-order valence-electron chi connectivity index (χ0n) is 16.8. The fourth-order valence-electron chi connectivity index (χ4n) is 3.18. The van der Waals surface area contributed by atoms with Gasteiger partial charge >= 0.3 is 0 Å². The molecule has 0 spiro atoms. The number of nitrogens with one attached hydrogen (secondary N) is 1. The van der Waals surface area contributed by atoms with Gasteiger partial charge in [-0.25, -0.2) is 0 Å². The van der Waals surface area contributed by atoms with Crippen molar-refractivity contribution in [1.29, 1.82) is 0 Å². The van der Waals surface area contributed by atoms with Crippen LogP contribution in [0.25, 0.3) is 0 Å². The summed E-state index contributed by atoms with van der Waals surface area (Å²) in [6, 6.07) is 24.9. The van der Waals surface area contributed by atoms with Crippen molar-refractivity contribution in [3.8, 4) is 5.75 Å². The molecule has 4 heteroatoms. The molecule has 0 aliphatic rings. The Morgan fingerprint density at radius 2 is 1.69 bits per heavy atom. The maximum atomic E-state index is 12.9. The Bertz CT molecular complexity index is 940. The molecule has 3 aromatic rings. The number of ether oxygens (including phenoxy) is 1. The average molecular weight is 408 g/mol. The van der Waals surface area contributed by atoms with Crippen LogP contribution in [0.4, 0.5) is 0 Å². The van der Waals surface area contributed by atoms with Gasteiger partial charge in [0, 0.05) is 16.1 Å². The van der Waals surface area contributed by atoms with Crippen molar-refractivity contribution in [3.63, 3.8) is 0 Å². The SMILES string of the molecule is CC(C)C[C@H](NC(=O)c1cccc(OCc2ccccc2Cl)c1)c1ccccc1. The summed E-state index contributed by atoms with van der Waals surface area (Å²) in [6.45, 7) is 4.67. The molecule has 0 aliphatic carbocycles. The quantitative estimate of drug-likeness (QED) is 0.466. The highest BCUT2D eigenvalue weighted by Crippen LogP contribution is 2.23. The molecule has 1 amide bonds. The summed E-state index contributed by atoms with van der Waals surface area (Å²) >= 11 is 6.19. The minimum absolute atomic E-state index is 0.0311. The average Bonchev–Trinajstić information content (AvgIpc) is 2.73. The first kappa shape index (κ1) is 20.9. The third-order valence-corrected chi connectivity index (χ3v) is 5.03. The van der Waals surface area contributed by atoms with Crippen LogP contribution < -0.4 is 10.1 Å². The van der Waals surface area contributed by atoms with E-state index in [1.807, 2.05) is 54.6 Å². The van der Waals surface area contributed by atoms with Gasteiger partial charge in [-0.15, -0.1) is 0 Å². The van der Waals surface area contributed by atoms with Crippen LogP contribution in [-0.2, 0) is 6.61 Å². The summed E-state index contributed by atoms with van der Waals surface area (Å²) in [5.41, 5.74) is 2.59. The third-order valence-electron chi connectivity index (χ3n) is 4.66. The number of halogens is 1. The van der Waals surface area contributed by atoms with Gasteiger partial charge in [0.2, 0.25) is 0 Å². The molecular weight excluding hydrogens is 382 g/mol. The molecule has 1 N–H and O–H groups in total. The van der Waals surface area contributed by atoms with Gasteiger partial charge in [-0.1, -0.05) is 80.0 Å². The van der Waals surface area contributed by atoms with Gasteiger partial charge in [0.05, 0.1) is 6.04 Å². The first-order valence-corrected chi connectivity index (χ1v) is 10.2. The van der Waals surface area contributed by atoms with Gasteiger partial charge in [0.25, 0.3) is 5.91 Å². The van der Waals surface area contributed by atoms with Crippen LogP contribution in [0.15, 0.2) is 78.9 Å². The predicted molar refractivity (Wildman–Crippen MR) is 118 cm³/mol. The molecule has 0 aromatic heterocycles. The second kappa shape index (κ2) is 10.1. The van der Waals surface area contributed by atoms with E-state index in [2.05, 4.69) is 31.3 Å².